The Balaban J connectivity index is 1.89. The number of aromatic nitrogens is 2. The zero-order valence-electron chi connectivity index (χ0n) is 11.8. The number of nitrogens with zero attached hydrogens (tertiary/aromatic N) is 2. The van der Waals surface area contributed by atoms with Gasteiger partial charge in [0.1, 0.15) is 5.75 Å². The second-order valence-corrected chi connectivity index (χ2v) is 5.40. The summed E-state index contributed by atoms with van der Waals surface area (Å²) in [5, 5.41) is 7.21. The summed E-state index contributed by atoms with van der Waals surface area (Å²) >= 11 is 3.57. The first-order valence-electron chi connectivity index (χ1n) is 6.46. The number of rotatable bonds is 6. The Labute approximate surface area is 126 Å². The van der Waals surface area contributed by atoms with Crippen molar-refractivity contribution in [3.63, 3.8) is 0 Å². The van der Waals surface area contributed by atoms with Crippen LogP contribution in [0.1, 0.15) is 30.2 Å². The van der Waals surface area contributed by atoms with Crippen molar-refractivity contribution in [2.24, 2.45) is 0 Å². The molecule has 1 N–H and O–H groups in total. The molecule has 108 valence electrons. The number of ether oxygens (including phenoxy) is 1. The molecule has 5 nitrogen and oxygen atoms in total. The molecule has 20 heavy (non-hydrogen) atoms. The van der Waals surface area contributed by atoms with Crippen molar-refractivity contribution >= 4 is 15.9 Å². The Morgan fingerprint density at radius 1 is 1.45 bits per heavy atom. The summed E-state index contributed by atoms with van der Waals surface area (Å²) in [5.74, 6) is 2.18. The van der Waals surface area contributed by atoms with Crippen LogP contribution in [0.4, 0.5) is 0 Å². The average molecular weight is 340 g/mol. The van der Waals surface area contributed by atoms with Crippen LogP contribution in [-0.2, 0) is 6.42 Å². The summed E-state index contributed by atoms with van der Waals surface area (Å²) in [6.07, 6.45) is 0.721. The van der Waals surface area contributed by atoms with Gasteiger partial charge in [0.15, 0.2) is 5.82 Å². The van der Waals surface area contributed by atoms with Gasteiger partial charge >= 0.3 is 0 Å². The minimum Gasteiger partial charge on any atom is -0.497 e. The van der Waals surface area contributed by atoms with Crippen molar-refractivity contribution < 1.29 is 9.26 Å². The smallest absolute Gasteiger partial charge is 0.227 e. The standard InChI is InChI=1S/C14H18BrN3O2/c1-9(12-5-4-11(19-3)8-13(12)15)16-7-6-14-17-10(2)18-20-14/h4-5,8-9,16H,6-7H2,1-3H3/t9-/m1/s1. The van der Waals surface area contributed by atoms with E-state index in [1.807, 2.05) is 19.1 Å². The second-order valence-electron chi connectivity index (χ2n) is 4.55. The van der Waals surface area contributed by atoms with Gasteiger partial charge in [-0.3, -0.25) is 0 Å². The van der Waals surface area contributed by atoms with Crippen LogP contribution in [-0.4, -0.2) is 23.8 Å². The summed E-state index contributed by atoms with van der Waals surface area (Å²) in [7, 11) is 1.66. The normalized spacial score (nSPS) is 12.4. The molecule has 1 aromatic carbocycles. The Morgan fingerprint density at radius 2 is 2.25 bits per heavy atom. The minimum absolute atomic E-state index is 0.222. The summed E-state index contributed by atoms with van der Waals surface area (Å²) in [4.78, 5) is 4.18. The van der Waals surface area contributed by atoms with Gasteiger partial charge in [-0.2, -0.15) is 4.98 Å². The van der Waals surface area contributed by atoms with E-state index < -0.39 is 0 Å². The van der Waals surface area contributed by atoms with E-state index in [-0.39, 0.29) is 6.04 Å². The van der Waals surface area contributed by atoms with Gasteiger partial charge in [-0.1, -0.05) is 27.2 Å². The van der Waals surface area contributed by atoms with E-state index in [0.29, 0.717) is 11.7 Å². The van der Waals surface area contributed by atoms with Crippen molar-refractivity contribution in [2.75, 3.05) is 13.7 Å². The SMILES string of the molecule is COc1ccc([C@@H](C)NCCc2nc(C)no2)c(Br)c1. The van der Waals surface area contributed by atoms with Gasteiger partial charge in [0.2, 0.25) is 5.89 Å². The number of halogens is 1. The van der Waals surface area contributed by atoms with Crippen LogP contribution in [0.15, 0.2) is 27.2 Å². The quantitative estimate of drug-likeness (QED) is 0.876. The van der Waals surface area contributed by atoms with E-state index in [9.17, 15) is 0 Å². The van der Waals surface area contributed by atoms with Crippen molar-refractivity contribution in [1.82, 2.24) is 15.5 Å². The summed E-state index contributed by atoms with van der Waals surface area (Å²) < 4.78 is 11.3. The van der Waals surface area contributed by atoms with Gasteiger partial charge in [-0.25, -0.2) is 0 Å². The monoisotopic (exact) mass is 339 g/mol. The topological polar surface area (TPSA) is 60.2 Å². The molecular formula is C14H18BrN3O2. The van der Waals surface area contributed by atoms with Crippen LogP contribution >= 0.6 is 15.9 Å². The van der Waals surface area contributed by atoms with Crippen LogP contribution in [0.2, 0.25) is 0 Å². The van der Waals surface area contributed by atoms with Crippen LogP contribution in [0.25, 0.3) is 0 Å². The fraction of sp³-hybridized carbons (Fsp3) is 0.429. The predicted octanol–water partition coefficient (Wildman–Crippen LogP) is 3.04. The molecule has 0 spiro atoms. The van der Waals surface area contributed by atoms with E-state index in [1.54, 1.807) is 7.11 Å². The molecule has 0 saturated heterocycles. The summed E-state index contributed by atoms with van der Waals surface area (Å²) in [6.45, 7) is 4.71. The number of hydrogen-bond donors (Lipinski definition) is 1. The van der Waals surface area contributed by atoms with Crippen molar-refractivity contribution in [1.29, 1.82) is 0 Å². The maximum Gasteiger partial charge on any atom is 0.227 e. The third kappa shape index (κ3) is 3.80. The van der Waals surface area contributed by atoms with E-state index in [1.165, 1.54) is 5.56 Å². The number of benzene rings is 1. The molecule has 0 unspecified atom stereocenters. The highest BCUT2D eigenvalue weighted by molar-refractivity contribution is 9.10. The second kappa shape index (κ2) is 6.85. The fourth-order valence-corrected chi connectivity index (χ4v) is 2.63. The van der Waals surface area contributed by atoms with Crippen LogP contribution in [0.3, 0.4) is 0 Å². The van der Waals surface area contributed by atoms with Gasteiger partial charge in [-0.15, -0.1) is 0 Å². The number of hydrogen-bond acceptors (Lipinski definition) is 5. The lowest BCUT2D eigenvalue weighted by Crippen LogP contribution is -2.21. The van der Waals surface area contributed by atoms with Crippen LogP contribution in [0.5, 0.6) is 5.75 Å². The highest BCUT2D eigenvalue weighted by atomic mass is 79.9. The van der Waals surface area contributed by atoms with E-state index in [2.05, 4.69) is 44.4 Å². The van der Waals surface area contributed by atoms with Crippen molar-refractivity contribution in [2.45, 2.75) is 26.3 Å². The molecule has 1 heterocycles. The molecule has 1 aromatic heterocycles. The first-order valence-corrected chi connectivity index (χ1v) is 7.25. The Kier molecular flexibility index (Phi) is 5.14. The Morgan fingerprint density at radius 3 is 2.85 bits per heavy atom. The van der Waals surface area contributed by atoms with E-state index in [4.69, 9.17) is 9.26 Å². The molecule has 0 saturated carbocycles. The predicted molar refractivity (Wildman–Crippen MR) is 79.9 cm³/mol. The van der Waals surface area contributed by atoms with Gasteiger partial charge in [-0.05, 0) is 31.5 Å². The average Bonchev–Trinajstić information content (AvgIpc) is 2.84. The number of methoxy groups -OCH3 is 1. The van der Waals surface area contributed by atoms with Gasteiger partial charge in [0.05, 0.1) is 7.11 Å². The number of aryl methyl sites for hydroxylation is 1. The third-order valence-electron chi connectivity index (χ3n) is 3.03. The lowest BCUT2D eigenvalue weighted by Gasteiger charge is -2.16. The number of nitrogens with one attached hydrogen (secondary N) is 1. The molecule has 0 radical (unpaired) electrons. The molecule has 6 heteroatoms. The van der Waals surface area contributed by atoms with Crippen molar-refractivity contribution in [3.8, 4) is 5.75 Å². The summed E-state index contributed by atoms with van der Waals surface area (Å²) in [6, 6.07) is 6.20. The molecule has 0 aliphatic rings. The van der Waals surface area contributed by atoms with Crippen LogP contribution in [0, 0.1) is 6.92 Å². The molecule has 0 fully saturated rings. The highest BCUT2D eigenvalue weighted by Crippen LogP contribution is 2.27. The zero-order valence-corrected chi connectivity index (χ0v) is 13.4. The first kappa shape index (κ1) is 15.0. The van der Waals surface area contributed by atoms with Gasteiger partial charge in [0.25, 0.3) is 0 Å². The van der Waals surface area contributed by atoms with Crippen LogP contribution < -0.4 is 10.1 Å². The zero-order chi connectivity index (χ0) is 14.5. The Hall–Kier alpha value is -1.40. The molecule has 2 aromatic rings. The third-order valence-corrected chi connectivity index (χ3v) is 3.72. The maximum atomic E-state index is 5.19. The fourth-order valence-electron chi connectivity index (χ4n) is 1.93. The molecule has 0 aliphatic heterocycles. The highest BCUT2D eigenvalue weighted by Gasteiger charge is 2.10. The lowest BCUT2D eigenvalue weighted by atomic mass is 10.1. The van der Waals surface area contributed by atoms with E-state index >= 15 is 0 Å². The molecule has 0 bridgehead atoms. The molecule has 0 aliphatic carbocycles. The molecule has 2 rings (SSSR count). The van der Waals surface area contributed by atoms with Crippen molar-refractivity contribution in [3.05, 3.63) is 40.0 Å². The van der Waals surface area contributed by atoms with E-state index in [0.717, 1.165) is 23.2 Å². The molecule has 1 atom stereocenters. The summed E-state index contributed by atoms with van der Waals surface area (Å²) in [5.41, 5.74) is 1.19. The van der Waals surface area contributed by atoms with Gasteiger partial charge in [0, 0.05) is 23.5 Å². The van der Waals surface area contributed by atoms with Gasteiger partial charge < -0.3 is 14.6 Å². The maximum absolute atomic E-state index is 5.19. The first-order chi connectivity index (χ1) is 9.60. The Bertz CT molecular complexity index is 571. The minimum atomic E-state index is 0.222. The molecule has 0 amide bonds. The lowest BCUT2D eigenvalue weighted by molar-refractivity contribution is 0.370. The molecular weight excluding hydrogens is 322 g/mol. The largest absolute Gasteiger partial charge is 0.497 e.